The summed E-state index contributed by atoms with van der Waals surface area (Å²) in [5.74, 6) is 0. The van der Waals surface area contributed by atoms with Gasteiger partial charge in [0.1, 0.15) is 0 Å². The number of para-hydroxylation sites is 1. The molecule has 55 heavy (non-hydrogen) atoms. The summed E-state index contributed by atoms with van der Waals surface area (Å²) in [5.41, 5.74) is 17.6. The van der Waals surface area contributed by atoms with Crippen LogP contribution < -0.4 is 4.90 Å². The van der Waals surface area contributed by atoms with Crippen LogP contribution in [0.2, 0.25) is 0 Å². The summed E-state index contributed by atoms with van der Waals surface area (Å²) in [6, 6.07) is 85.0. The highest BCUT2D eigenvalue weighted by Crippen LogP contribution is 2.50. The lowest BCUT2D eigenvalue weighted by atomic mass is 9.87. The van der Waals surface area contributed by atoms with Crippen molar-refractivity contribution in [3.63, 3.8) is 0 Å². The second kappa shape index (κ2) is 15.4. The zero-order valence-electron chi connectivity index (χ0n) is 30.5. The Kier molecular flexibility index (Phi) is 9.41. The van der Waals surface area contributed by atoms with Gasteiger partial charge in [0.2, 0.25) is 0 Å². The Morgan fingerprint density at radius 3 is 1.02 bits per heavy atom. The van der Waals surface area contributed by atoms with Crippen molar-refractivity contribution in [1.82, 2.24) is 0 Å². The van der Waals surface area contributed by atoms with Crippen LogP contribution in [-0.2, 0) is 0 Å². The monoisotopic (exact) mass is 701 g/mol. The standard InChI is InChI=1S/C54H39N/c1-6-20-40(21-7-1)47-30-16-18-32-51(47)52-33-19-17-31-48(52)43-34-36-46(37-35-43)55(45-28-14-5-15-29-45)54-50(42-24-10-3-11-25-42)39-38-49(41-22-8-2-9-23-41)53(54)44-26-12-4-13-27-44/h1-39H. The van der Waals surface area contributed by atoms with E-state index in [4.69, 9.17) is 0 Å². The Balaban J connectivity index is 1.26. The minimum atomic E-state index is 1.08. The van der Waals surface area contributed by atoms with E-state index in [0.717, 1.165) is 33.8 Å². The minimum absolute atomic E-state index is 1.08. The Hall–Kier alpha value is -7.22. The molecule has 0 bridgehead atoms. The molecule has 0 unspecified atom stereocenters. The maximum atomic E-state index is 2.44. The Labute approximate surface area is 324 Å². The predicted octanol–water partition coefficient (Wildman–Crippen LogP) is 15.2. The van der Waals surface area contributed by atoms with E-state index in [1.807, 2.05) is 0 Å². The molecule has 0 spiro atoms. The highest BCUT2D eigenvalue weighted by molar-refractivity contribution is 6.04. The van der Waals surface area contributed by atoms with Crippen molar-refractivity contribution in [3.05, 3.63) is 237 Å². The van der Waals surface area contributed by atoms with Gasteiger partial charge in [-0.25, -0.2) is 0 Å². The topological polar surface area (TPSA) is 3.24 Å². The number of rotatable bonds is 9. The SMILES string of the molecule is c1ccc(-c2ccccc2-c2ccccc2-c2ccc(N(c3ccccc3)c3c(-c4ccccc4)ccc(-c4ccccc4)c3-c3ccccc3)cc2)cc1. The molecule has 260 valence electrons. The van der Waals surface area contributed by atoms with Gasteiger partial charge in [0.25, 0.3) is 0 Å². The largest absolute Gasteiger partial charge is 0.309 e. The maximum absolute atomic E-state index is 2.44. The quantitative estimate of drug-likeness (QED) is 0.145. The van der Waals surface area contributed by atoms with Crippen molar-refractivity contribution in [2.24, 2.45) is 0 Å². The third-order valence-corrected chi connectivity index (χ3v) is 10.3. The number of anilines is 3. The summed E-state index contributed by atoms with van der Waals surface area (Å²) in [4.78, 5) is 2.44. The first kappa shape index (κ1) is 33.6. The van der Waals surface area contributed by atoms with Crippen molar-refractivity contribution in [2.75, 3.05) is 4.90 Å². The third-order valence-electron chi connectivity index (χ3n) is 10.3. The first-order chi connectivity index (χ1) is 27.3. The fraction of sp³-hybridized carbons (Fsp3) is 0. The molecule has 0 fully saturated rings. The van der Waals surface area contributed by atoms with Gasteiger partial charge in [-0.3, -0.25) is 0 Å². The maximum Gasteiger partial charge on any atom is 0.0624 e. The van der Waals surface area contributed by atoms with Crippen molar-refractivity contribution in [3.8, 4) is 66.8 Å². The Bertz CT molecular complexity index is 2650. The second-order valence-electron chi connectivity index (χ2n) is 13.7. The van der Waals surface area contributed by atoms with Gasteiger partial charge in [0.05, 0.1) is 5.69 Å². The van der Waals surface area contributed by atoms with Crippen LogP contribution in [0.1, 0.15) is 0 Å². The summed E-state index contributed by atoms with van der Waals surface area (Å²) in [6.07, 6.45) is 0. The highest BCUT2D eigenvalue weighted by atomic mass is 15.1. The van der Waals surface area contributed by atoms with E-state index in [-0.39, 0.29) is 0 Å². The van der Waals surface area contributed by atoms with Crippen LogP contribution in [-0.4, -0.2) is 0 Å². The van der Waals surface area contributed by atoms with Gasteiger partial charge in [-0.05, 0) is 79.9 Å². The van der Waals surface area contributed by atoms with E-state index in [1.165, 1.54) is 50.1 Å². The number of nitrogens with zero attached hydrogens (tertiary/aromatic N) is 1. The minimum Gasteiger partial charge on any atom is -0.309 e. The van der Waals surface area contributed by atoms with E-state index < -0.39 is 0 Å². The van der Waals surface area contributed by atoms with Crippen molar-refractivity contribution in [2.45, 2.75) is 0 Å². The van der Waals surface area contributed by atoms with Crippen LogP contribution in [0.25, 0.3) is 66.8 Å². The fourth-order valence-electron chi connectivity index (χ4n) is 7.76. The molecule has 0 heterocycles. The molecule has 0 saturated carbocycles. The van der Waals surface area contributed by atoms with E-state index >= 15 is 0 Å². The average Bonchev–Trinajstić information content (AvgIpc) is 3.28. The lowest BCUT2D eigenvalue weighted by molar-refractivity contribution is 1.28. The van der Waals surface area contributed by atoms with Gasteiger partial charge < -0.3 is 4.90 Å². The molecule has 0 aromatic heterocycles. The van der Waals surface area contributed by atoms with Gasteiger partial charge in [-0.15, -0.1) is 0 Å². The molecule has 9 aromatic carbocycles. The fourth-order valence-corrected chi connectivity index (χ4v) is 7.76. The zero-order chi connectivity index (χ0) is 36.8. The lowest BCUT2D eigenvalue weighted by Gasteiger charge is -2.32. The van der Waals surface area contributed by atoms with Crippen LogP contribution in [0, 0.1) is 0 Å². The van der Waals surface area contributed by atoms with Crippen LogP contribution in [0.15, 0.2) is 237 Å². The van der Waals surface area contributed by atoms with Crippen molar-refractivity contribution < 1.29 is 0 Å². The van der Waals surface area contributed by atoms with Crippen LogP contribution in [0.5, 0.6) is 0 Å². The van der Waals surface area contributed by atoms with E-state index in [9.17, 15) is 0 Å². The summed E-state index contributed by atoms with van der Waals surface area (Å²) in [5, 5.41) is 0. The van der Waals surface area contributed by atoms with Crippen LogP contribution in [0.4, 0.5) is 17.1 Å². The molecule has 0 aliphatic rings. The number of benzene rings is 9. The summed E-state index contributed by atoms with van der Waals surface area (Å²) in [7, 11) is 0. The van der Waals surface area contributed by atoms with E-state index in [1.54, 1.807) is 0 Å². The van der Waals surface area contributed by atoms with Gasteiger partial charge >= 0.3 is 0 Å². The highest BCUT2D eigenvalue weighted by Gasteiger charge is 2.25. The summed E-state index contributed by atoms with van der Waals surface area (Å²) in [6.45, 7) is 0. The number of hydrogen-bond acceptors (Lipinski definition) is 1. The third kappa shape index (κ3) is 6.76. The summed E-state index contributed by atoms with van der Waals surface area (Å²) < 4.78 is 0. The van der Waals surface area contributed by atoms with Gasteiger partial charge in [-0.1, -0.05) is 212 Å². The number of hydrogen-bond donors (Lipinski definition) is 0. The molecule has 0 radical (unpaired) electrons. The molecule has 1 nitrogen and oxygen atoms in total. The smallest absolute Gasteiger partial charge is 0.0624 e. The molecule has 9 aromatic rings. The van der Waals surface area contributed by atoms with Crippen molar-refractivity contribution >= 4 is 17.1 Å². The first-order valence-electron chi connectivity index (χ1n) is 18.9. The molecule has 0 aliphatic heterocycles. The predicted molar refractivity (Wildman–Crippen MR) is 234 cm³/mol. The average molecular weight is 702 g/mol. The van der Waals surface area contributed by atoms with Gasteiger partial charge in [-0.2, -0.15) is 0 Å². The molecular weight excluding hydrogens is 663 g/mol. The van der Waals surface area contributed by atoms with Gasteiger partial charge in [0.15, 0.2) is 0 Å². The molecule has 0 N–H and O–H groups in total. The van der Waals surface area contributed by atoms with Crippen LogP contribution in [0.3, 0.4) is 0 Å². The second-order valence-corrected chi connectivity index (χ2v) is 13.7. The summed E-state index contributed by atoms with van der Waals surface area (Å²) >= 11 is 0. The van der Waals surface area contributed by atoms with Crippen molar-refractivity contribution in [1.29, 1.82) is 0 Å². The Morgan fingerprint density at radius 2 is 0.527 bits per heavy atom. The molecule has 1 heteroatoms. The van der Waals surface area contributed by atoms with E-state index in [0.29, 0.717) is 0 Å². The molecule has 0 aliphatic carbocycles. The molecule has 0 atom stereocenters. The van der Waals surface area contributed by atoms with E-state index in [2.05, 4.69) is 241 Å². The molecule has 9 rings (SSSR count). The molecule has 0 saturated heterocycles. The Morgan fingerprint density at radius 1 is 0.200 bits per heavy atom. The van der Waals surface area contributed by atoms with Gasteiger partial charge in [0, 0.05) is 22.5 Å². The zero-order valence-corrected chi connectivity index (χ0v) is 30.5. The van der Waals surface area contributed by atoms with Crippen LogP contribution >= 0.6 is 0 Å². The lowest BCUT2D eigenvalue weighted by Crippen LogP contribution is -2.13. The molecular formula is C54H39N. The normalized spacial score (nSPS) is 10.9. The molecule has 0 amide bonds. The first-order valence-corrected chi connectivity index (χ1v) is 18.9.